The van der Waals surface area contributed by atoms with Crippen LogP contribution in [0.5, 0.6) is 0 Å². The van der Waals surface area contributed by atoms with Crippen LogP contribution in [-0.4, -0.2) is 17.5 Å². The Hall–Kier alpha value is -2.49. The van der Waals surface area contributed by atoms with Crippen LogP contribution < -0.4 is 0 Å². The van der Waals surface area contributed by atoms with Crippen molar-refractivity contribution in [1.29, 1.82) is 0 Å². The number of rotatable bonds is 3. The summed E-state index contributed by atoms with van der Waals surface area (Å²) in [7, 11) is 0. The van der Waals surface area contributed by atoms with E-state index in [1.807, 2.05) is 30.3 Å². The average molecular weight is 256 g/mol. The molecule has 1 atom stereocenters. The number of hydrogen-bond acceptors (Lipinski definition) is 4. The van der Waals surface area contributed by atoms with E-state index in [1.165, 1.54) is 19.1 Å². The lowest BCUT2D eigenvalue weighted by Gasteiger charge is -2.15. The van der Waals surface area contributed by atoms with Gasteiger partial charge in [-0.15, -0.1) is 0 Å². The number of ketones is 2. The highest BCUT2D eigenvalue weighted by atomic mass is 16.5. The first-order valence-electron chi connectivity index (χ1n) is 5.79. The Kier molecular flexibility index (Phi) is 3.71. The molecular weight excluding hydrogens is 244 g/mol. The molecule has 0 fully saturated rings. The molecule has 0 N–H and O–H groups in total. The van der Waals surface area contributed by atoms with Crippen molar-refractivity contribution < 1.29 is 19.1 Å². The number of allylic oxidation sites excluding steroid dienone is 3. The van der Waals surface area contributed by atoms with E-state index in [9.17, 15) is 14.4 Å². The highest BCUT2D eigenvalue weighted by molar-refractivity contribution is 6.25. The van der Waals surface area contributed by atoms with Crippen LogP contribution in [0.15, 0.2) is 48.2 Å². The lowest BCUT2D eigenvalue weighted by molar-refractivity contribution is -0.151. The molecular formula is C15H12O4. The number of cyclic esters (lactones) is 1. The first-order chi connectivity index (χ1) is 9.08. The van der Waals surface area contributed by atoms with E-state index in [0.717, 1.165) is 5.56 Å². The fourth-order valence-electron chi connectivity index (χ4n) is 1.74. The van der Waals surface area contributed by atoms with Gasteiger partial charge >= 0.3 is 5.97 Å². The van der Waals surface area contributed by atoms with E-state index >= 15 is 0 Å². The molecule has 1 unspecified atom stereocenters. The Morgan fingerprint density at radius 2 is 1.89 bits per heavy atom. The zero-order valence-corrected chi connectivity index (χ0v) is 10.3. The van der Waals surface area contributed by atoms with Gasteiger partial charge in [-0.1, -0.05) is 36.4 Å². The monoisotopic (exact) mass is 256 g/mol. The fourth-order valence-corrected chi connectivity index (χ4v) is 1.74. The molecule has 1 heterocycles. The smallest absolute Gasteiger partial charge is 0.329 e. The zero-order valence-electron chi connectivity index (χ0n) is 10.3. The maximum Gasteiger partial charge on any atom is 0.329 e. The Labute approximate surface area is 110 Å². The molecule has 0 saturated carbocycles. The van der Waals surface area contributed by atoms with Crippen LogP contribution >= 0.6 is 0 Å². The van der Waals surface area contributed by atoms with Crippen molar-refractivity contribution in [2.75, 3.05) is 0 Å². The SMILES string of the molecule is CC1=CC(=O)C(C(=O)/C=C/c2ccccc2)C(=O)O1. The van der Waals surface area contributed by atoms with Gasteiger partial charge in [-0.25, -0.2) is 0 Å². The highest BCUT2D eigenvalue weighted by Crippen LogP contribution is 2.16. The van der Waals surface area contributed by atoms with E-state index in [2.05, 4.69) is 0 Å². The summed E-state index contributed by atoms with van der Waals surface area (Å²) in [5.41, 5.74) is 0.819. The summed E-state index contributed by atoms with van der Waals surface area (Å²) in [5, 5.41) is 0. The number of ether oxygens (including phenoxy) is 1. The minimum atomic E-state index is -1.37. The summed E-state index contributed by atoms with van der Waals surface area (Å²) in [5.74, 6) is -3.07. The van der Waals surface area contributed by atoms with Crippen LogP contribution in [0, 0.1) is 5.92 Å². The van der Waals surface area contributed by atoms with Crippen LogP contribution in [0.25, 0.3) is 6.08 Å². The summed E-state index contributed by atoms with van der Waals surface area (Å²) in [6.07, 6.45) is 3.96. The van der Waals surface area contributed by atoms with E-state index < -0.39 is 23.5 Å². The van der Waals surface area contributed by atoms with E-state index in [4.69, 9.17) is 4.74 Å². The quantitative estimate of drug-likeness (QED) is 0.471. The second kappa shape index (κ2) is 5.44. The minimum Gasteiger partial charge on any atom is -0.430 e. The lowest BCUT2D eigenvalue weighted by atomic mass is 9.96. The van der Waals surface area contributed by atoms with Gasteiger partial charge in [0.1, 0.15) is 5.76 Å². The van der Waals surface area contributed by atoms with Crippen molar-refractivity contribution in [3.8, 4) is 0 Å². The van der Waals surface area contributed by atoms with Crippen molar-refractivity contribution in [2.24, 2.45) is 5.92 Å². The topological polar surface area (TPSA) is 60.4 Å². The maximum atomic E-state index is 11.9. The van der Waals surface area contributed by atoms with Gasteiger partial charge in [-0.05, 0) is 18.6 Å². The number of hydrogen-bond donors (Lipinski definition) is 0. The zero-order chi connectivity index (χ0) is 13.8. The predicted octanol–water partition coefficient (Wildman–Crippen LogP) is 1.91. The third-order valence-corrected chi connectivity index (χ3v) is 2.65. The van der Waals surface area contributed by atoms with E-state index in [-0.39, 0.29) is 5.76 Å². The molecule has 0 bridgehead atoms. The Morgan fingerprint density at radius 1 is 1.21 bits per heavy atom. The molecule has 0 saturated heterocycles. The van der Waals surface area contributed by atoms with E-state index in [0.29, 0.717) is 0 Å². The Bertz CT molecular complexity index is 581. The molecule has 96 valence electrons. The standard InChI is InChI=1S/C15H12O4/c1-10-9-13(17)14(15(18)19-10)12(16)8-7-11-5-3-2-4-6-11/h2-9,14H,1H3/b8-7+. The molecule has 4 heteroatoms. The van der Waals surface area contributed by atoms with Gasteiger partial charge in [0.25, 0.3) is 0 Å². The van der Waals surface area contributed by atoms with Gasteiger partial charge < -0.3 is 4.74 Å². The maximum absolute atomic E-state index is 11.9. The van der Waals surface area contributed by atoms with Crippen molar-refractivity contribution in [3.63, 3.8) is 0 Å². The number of carbonyl (C=O) groups excluding carboxylic acids is 3. The highest BCUT2D eigenvalue weighted by Gasteiger charge is 2.36. The van der Waals surface area contributed by atoms with Gasteiger partial charge in [-0.3, -0.25) is 14.4 Å². The van der Waals surface area contributed by atoms with Gasteiger partial charge in [0.2, 0.25) is 0 Å². The summed E-state index contributed by atoms with van der Waals surface area (Å²) < 4.78 is 4.79. The second-order valence-corrected chi connectivity index (χ2v) is 4.16. The molecule has 0 amide bonds. The molecule has 1 aliphatic heterocycles. The first-order valence-corrected chi connectivity index (χ1v) is 5.79. The largest absolute Gasteiger partial charge is 0.430 e. The van der Waals surface area contributed by atoms with Gasteiger partial charge in [-0.2, -0.15) is 0 Å². The molecule has 1 aliphatic rings. The molecule has 2 rings (SSSR count). The van der Waals surface area contributed by atoms with Crippen LogP contribution in [-0.2, 0) is 19.1 Å². The van der Waals surface area contributed by atoms with Crippen LogP contribution in [0.1, 0.15) is 12.5 Å². The summed E-state index contributed by atoms with van der Waals surface area (Å²) in [4.78, 5) is 35.0. The third-order valence-electron chi connectivity index (χ3n) is 2.65. The normalized spacial score (nSPS) is 19.2. The molecule has 19 heavy (non-hydrogen) atoms. The van der Waals surface area contributed by atoms with Crippen molar-refractivity contribution in [1.82, 2.24) is 0 Å². The molecule has 4 nitrogen and oxygen atoms in total. The molecule has 0 spiro atoms. The summed E-state index contributed by atoms with van der Waals surface area (Å²) >= 11 is 0. The number of esters is 1. The summed E-state index contributed by atoms with van der Waals surface area (Å²) in [6.45, 7) is 1.50. The number of carbonyl (C=O) groups is 3. The van der Waals surface area contributed by atoms with Crippen molar-refractivity contribution >= 4 is 23.6 Å². The molecule has 0 radical (unpaired) electrons. The second-order valence-electron chi connectivity index (χ2n) is 4.16. The molecule has 1 aromatic carbocycles. The fraction of sp³-hybridized carbons (Fsp3) is 0.133. The Morgan fingerprint density at radius 3 is 2.53 bits per heavy atom. The molecule has 0 aliphatic carbocycles. The van der Waals surface area contributed by atoms with Gasteiger partial charge in [0.15, 0.2) is 17.5 Å². The molecule has 1 aromatic rings. The van der Waals surface area contributed by atoms with Crippen LogP contribution in [0.2, 0.25) is 0 Å². The third kappa shape index (κ3) is 3.04. The van der Waals surface area contributed by atoms with Crippen LogP contribution in [0.4, 0.5) is 0 Å². The average Bonchev–Trinajstić information content (AvgIpc) is 2.36. The van der Waals surface area contributed by atoms with Gasteiger partial charge in [0.05, 0.1) is 0 Å². The van der Waals surface area contributed by atoms with Crippen molar-refractivity contribution in [2.45, 2.75) is 6.92 Å². The van der Waals surface area contributed by atoms with Crippen LogP contribution in [0.3, 0.4) is 0 Å². The van der Waals surface area contributed by atoms with Crippen molar-refractivity contribution in [3.05, 3.63) is 53.8 Å². The predicted molar refractivity (Wildman–Crippen MR) is 68.8 cm³/mol. The van der Waals surface area contributed by atoms with E-state index in [1.54, 1.807) is 6.08 Å². The summed E-state index contributed by atoms with van der Waals surface area (Å²) in [6, 6.07) is 9.14. The Balaban J connectivity index is 2.15. The lowest BCUT2D eigenvalue weighted by Crippen LogP contribution is -2.34. The first kappa shape index (κ1) is 13.0. The number of benzene rings is 1. The van der Waals surface area contributed by atoms with Gasteiger partial charge in [0, 0.05) is 6.08 Å². The minimum absolute atomic E-state index is 0.214. The molecule has 0 aromatic heterocycles.